The van der Waals surface area contributed by atoms with Crippen molar-refractivity contribution in [3.8, 4) is 0 Å². The quantitative estimate of drug-likeness (QED) is 0.695. The predicted octanol–water partition coefficient (Wildman–Crippen LogP) is 1.85. The van der Waals surface area contributed by atoms with Crippen LogP contribution in [0.3, 0.4) is 0 Å². The second kappa shape index (κ2) is 8.51. The number of aromatic amines is 1. The number of amides is 2. The molecule has 1 saturated heterocycles. The zero-order chi connectivity index (χ0) is 21.1. The van der Waals surface area contributed by atoms with Crippen LogP contribution in [0.4, 0.5) is 0 Å². The molecule has 0 saturated carbocycles. The molecular weight excluding hydrogens is 380 g/mol. The zero-order valence-electron chi connectivity index (χ0n) is 16.9. The van der Waals surface area contributed by atoms with Crippen LogP contribution in [-0.2, 0) is 6.54 Å². The highest BCUT2D eigenvalue weighted by atomic mass is 16.2. The summed E-state index contributed by atoms with van der Waals surface area (Å²) in [5, 5.41) is 3.56. The fraction of sp³-hybridized carbons (Fsp3) is 0.261. The third kappa shape index (κ3) is 4.26. The maximum absolute atomic E-state index is 12.7. The normalized spacial score (nSPS) is 14.6. The third-order valence-corrected chi connectivity index (χ3v) is 5.44. The van der Waals surface area contributed by atoms with Gasteiger partial charge in [-0.3, -0.25) is 14.4 Å². The van der Waals surface area contributed by atoms with Gasteiger partial charge in [-0.2, -0.15) is 0 Å². The molecule has 0 unspecified atom stereocenters. The summed E-state index contributed by atoms with van der Waals surface area (Å²) in [6, 6.07) is 15.8. The smallest absolute Gasteiger partial charge is 0.253 e. The van der Waals surface area contributed by atoms with Crippen molar-refractivity contribution in [2.45, 2.75) is 6.54 Å². The van der Waals surface area contributed by atoms with Crippen LogP contribution in [0.1, 0.15) is 26.3 Å². The van der Waals surface area contributed by atoms with Gasteiger partial charge in [0.15, 0.2) is 0 Å². The summed E-state index contributed by atoms with van der Waals surface area (Å²) >= 11 is 0. The summed E-state index contributed by atoms with van der Waals surface area (Å²) in [5.41, 5.74) is 2.19. The van der Waals surface area contributed by atoms with Gasteiger partial charge in [-0.1, -0.05) is 30.3 Å². The van der Waals surface area contributed by atoms with Crippen molar-refractivity contribution >= 4 is 22.7 Å². The molecule has 1 aromatic heterocycles. The molecular formula is C23H24N4O3. The summed E-state index contributed by atoms with van der Waals surface area (Å²) in [4.78, 5) is 44.0. The number of benzene rings is 2. The van der Waals surface area contributed by atoms with Crippen LogP contribution < -0.4 is 10.9 Å². The Morgan fingerprint density at radius 2 is 1.70 bits per heavy atom. The molecule has 30 heavy (non-hydrogen) atoms. The van der Waals surface area contributed by atoms with Gasteiger partial charge >= 0.3 is 0 Å². The molecule has 2 aromatic carbocycles. The number of para-hydroxylation sites is 1. The minimum atomic E-state index is -0.314. The summed E-state index contributed by atoms with van der Waals surface area (Å²) in [6.07, 6.45) is 0. The van der Waals surface area contributed by atoms with Crippen molar-refractivity contribution in [1.29, 1.82) is 0 Å². The van der Waals surface area contributed by atoms with Gasteiger partial charge < -0.3 is 20.1 Å². The second-order valence-corrected chi connectivity index (χ2v) is 7.57. The molecule has 0 radical (unpaired) electrons. The Bertz CT molecular complexity index is 1130. The lowest BCUT2D eigenvalue weighted by Crippen LogP contribution is -2.47. The molecule has 7 heteroatoms. The second-order valence-electron chi connectivity index (χ2n) is 7.57. The predicted molar refractivity (Wildman–Crippen MR) is 116 cm³/mol. The van der Waals surface area contributed by atoms with E-state index in [0.29, 0.717) is 28.6 Å². The molecule has 154 valence electrons. The van der Waals surface area contributed by atoms with Crippen LogP contribution >= 0.6 is 0 Å². The van der Waals surface area contributed by atoms with Gasteiger partial charge in [-0.15, -0.1) is 0 Å². The van der Waals surface area contributed by atoms with E-state index in [9.17, 15) is 14.4 Å². The monoisotopic (exact) mass is 404 g/mol. The molecule has 4 rings (SSSR count). The number of hydrogen-bond acceptors (Lipinski definition) is 4. The van der Waals surface area contributed by atoms with Crippen molar-refractivity contribution in [3.05, 3.63) is 81.6 Å². The van der Waals surface area contributed by atoms with Crippen LogP contribution in [0.2, 0.25) is 0 Å². The summed E-state index contributed by atoms with van der Waals surface area (Å²) in [6.45, 7) is 3.54. The first-order chi connectivity index (χ1) is 14.5. The first-order valence-electron chi connectivity index (χ1n) is 9.98. The van der Waals surface area contributed by atoms with E-state index in [1.807, 2.05) is 29.2 Å². The Morgan fingerprint density at radius 3 is 2.43 bits per heavy atom. The van der Waals surface area contributed by atoms with Crippen molar-refractivity contribution < 1.29 is 9.59 Å². The molecule has 2 amide bonds. The van der Waals surface area contributed by atoms with Crippen molar-refractivity contribution in [1.82, 2.24) is 20.1 Å². The average molecular weight is 404 g/mol. The van der Waals surface area contributed by atoms with Crippen molar-refractivity contribution in [2.24, 2.45) is 0 Å². The number of fused-ring (bicyclic) bond motifs is 1. The Hall–Kier alpha value is -3.45. The Morgan fingerprint density at radius 1 is 1.00 bits per heavy atom. The number of piperazine rings is 1. The standard InChI is InChI=1S/C23H24N4O3/c1-26-10-12-27(13-11-26)23(30)17-8-6-16(7-9-17)15-24-22(29)19-14-21(28)25-20-5-3-2-4-18(19)20/h2-9,14H,10-13,15H2,1H3,(H,24,29)(H,25,28). The molecule has 2 N–H and O–H groups in total. The van der Waals surface area contributed by atoms with Gasteiger partial charge in [0, 0.05) is 55.3 Å². The number of aromatic nitrogens is 1. The van der Waals surface area contributed by atoms with Crippen LogP contribution in [0.25, 0.3) is 10.9 Å². The van der Waals surface area contributed by atoms with E-state index >= 15 is 0 Å². The van der Waals surface area contributed by atoms with E-state index in [2.05, 4.69) is 22.2 Å². The number of nitrogens with one attached hydrogen (secondary N) is 2. The number of likely N-dealkylation sites (N-methyl/N-ethyl adjacent to an activating group) is 1. The number of pyridine rings is 1. The van der Waals surface area contributed by atoms with E-state index in [1.54, 1.807) is 24.3 Å². The van der Waals surface area contributed by atoms with Crippen LogP contribution in [0, 0.1) is 0 Å². The molecule has 0 aliphatic carbocycles. The molecule has 0 spiro atoms. The lowest BCUT2D eigenvalue weighted by molar-refractivity contribution is 0.0664. The van der Waals surface area contributed by atoms with E-state index in [0.717, 1.165) is 31.7 Å². The summed E-state index contributed by atoms with van der Waals surface area (Å²) in [5.74, 6) is -0.274. The van der Waals surface area contributed by atoms with Crippen molar-refractivity contribution in [2.75, 3.05) is 33.2 Å². The molecule has 1 aliphatic rings. The molecule has 1 aliphatic heterocycles. The summed E-state index contributed by atoms with van der Waals surface area (Å²) in [7, 11) is 2.05. The maximum atomic E-state index is 12.7. The Kier molecular flexibility index (Phi) is 5.63. The minimum Gasteiger partial charge on any atom is -0.348 e. The highest BCUT2D eigenvalue weighted by Gasteiger charge is 2.20. The SMILES string of the molecule is CN1CCN(C(=O)c2ccc(CNC(=O)c3cc(=O)[nH]c4ccccc34)cc2)CC1. The first kappa shape index (κ1) is 19.8. The number of H-pyrrole nitrogens is 1. The number of rotatable bonds is 4. The molecule has 0 bridgehead atoms. The third-order valence-electron chi connectivity index (χ3n) is 5.44. The van der Waals surface area contributed by atoms with Gasteiger partial charge in [0.2, 0.25) is 5.56 Å². The van der Waals surface area contributed by atoms with Gasteiger partial charge in [-0.25, -0.2) is 0 Å². The van der Waals surface area contributed by atoms with Crippen LogP contribution in [0.15, 0.2) is 59.4 Å². The summed E-state index contributed by atoms with van der Waals surface area (Å²) < 4.78 is 0. The fourth-order valence-electron chi connectivity index (χ4n) is 3.63. The molecule has 2 heterocycles. The largest absolute Gasteiger partial charge is 0.348 e. The lowest BCUT2D eigenvalue weighted by atomic mass is 10.1. The number of carbonyl (C=O) groups is 2. The minimum absolute atomic E-state index is 0.0358. The first-order valence-corrected chi connectivity index (χ1v) is 9.98. The Labute approximate surface area is 174 Å². The lowest BCUT2D eigenvalue weighted by Gasteiger charge is -2.32. The van der Waals surface area contributed by atoms with E-state index in [1.165, 1.54) is 6.07 Å². The highest BCUT2D eigenvalue weighted by molar-refractivity contribution is 6.05. The zero-order valence-corrected chi connectivity index (χ0v) is 16.9. The number of carbonyl (C=O) groups excluding carboxylic acids is 2. The average Bonchev–Trinajstić information content (AvgIpc) is 2.77. The number of nitrogens with zero attached hydrogens (tertiary/aromatic N) is 2. The van der Waals surface area contributed by atoms with Crippen molar-refractivity contribution in [3.63, 3.8) is 0 Å². The van der Waals surface area contributed by atoms with E-state index in [-0.39, 0.29) is 17.4 Å². The van der Waals surface area contributed by atoms with E-state index in [4.69, 9.17) is 0 Å². The molecule has 1 fully saturated rings. The molecule has 0 atom stereocenters. The van der Waals surface area contributed by atoms with Crippen LogP contribution in [-0.4, -0.2) is 59.8 Å². The van der Waals surface area contributed by atoms with Gasteiger partial charge in [0.25, 0.3) is 11.8 Å². The fourth-order valence-corrected chi connectivity index (χ4v) is 3.63. The van der Waals surface area contributed by atoms with Crippen LogP contribution in [0.5, 0.6) is 0 Å². The molecule has 3 aromatic rings. The Balaban J connectivity index is 1.42. The maximum Gasteiger partial charge on any atom is 0.253 e. The highest BCUT2D eigenvalue weighted by Crippen LogP contribution is 2.15. The van der Waals surface area contributed by atoms with Gasteiger partial charge in [0.1, 0.15) is 0 Å². The van der Waals surface area contributed by atoms with Gasteiger partial charge in [0.05, 0.1) is 5.56 Å². The van der Waals surface area contributed by atoms with Gasteiger partial charge in [-0.05, 0) is 30.8 Å². The molecule has 7 nitrogen and oxygen atoms in total. The number of hydrogen-bond donors (Lipinski definition) is 2. The van der Waals surface area contributed by atoms with E-state index < -0.39 is 0 Å². The topological polar surface area (TPSA) is 85.5 Å².